The average molecular weight is 181 g/mol. The summed E-state index contributed by atoms with van der Waals surface area (Å²) in [7, 11) is 1.71. The van der Waals surface area contributed by atoms with Crippen LogP contribution in [0.5, 0.6) is 0 Å². The van der Waals surface area contributed by atoms with Crippen LogP contribution in [0.4, 0.5) is 5.82 Å². The second-order valence-corrected chi connectivity index (χ2v) is 3.47. The first kappa shape index (κ1) is 9.77. The van der Waals surface area contributed by atoms with E-state index in [1.54, 1.807) is 19.4 Å². The Morgan fingerprint density at radius 3 is 2.92 bits per heavy atom. The fraction of sp³-hybridized carbons (Fsp3) is 0.556. The van der Waals surface area contributed by atoms with Crippen LogP contribution < -0.4 is 10.9 Å². The summed E-state index contributed by atoms with van der Waals surface area (Å²) in [6, 6.07) is 0. The van der Waals surface area contributed by atoms with Gasteiger partial charge in [-0.25, -0.2) is 4.98 Å². The van der Waals surface area contributed by atoms with Crippen LogP contribution in [0.25, 0.3) is 0 Å². The molecule has 4 heteroatoms. The van der Waals surface area contributed by atoms with Crippen molar-refractivity contribution in [2.24, 2.45) is 13.0 Å². The molecule has 0 unspecified atom stereocenters. The van der Waals surface area contributed by atoms with Gasteiger partial charge in [0.2, 0.25) is 0 Å². The minimum absolute atomic E-state index is 0.0804. The van der Waals surface area contributed by atoms with E-state index in [2.05, 4.69) is 24.1 Å². The monoisotopic (exact) mass is 181 g/mol. The zero-order valence-corrected chi connectivity index (χ0v) is 8.24. The van der Waals surface area contributed by atoms with E-state index in [1.165, 1.54) is 4.57 Å². The number of hydrogen-bond donors (Lipinski definition) is 1. The first-order valence-electron chi connectivity index (χ1n) is 4.36. The van der Waals surface area contributed by atoms with Crippen molar-refractivity contribution in [1.29, 1.82) is 0 Å². The molecule has 0 aromatic carbocycles. The maximum atomic E-state index is 11.4. The van der Waals surface area contributed by atoms with Gasteiger partial charge in [0.05, 0.1) is 0 Å². The summed E-state index contributed by atoms with van der Waals surface area (Å²) in [4.78, 5) is 15.4. The fourth-order valence-electron chi connectivity index (χ4n) is 0.920. The molecule has 0 saturated heterocycles. The van der Waals surface area contributed by atoms with Crippen LogP contribution in [0.15, 0.2) is 17.2 Å². The zero-order chi connectivity index (χ0) is 9.84. The summed E-state index contributed by atoms with van der Waals surface area (Å²) in [5.74, 6) is 0.936. The lowest BCUT2D eigenvalue weighted by Gasteiger charge is -2.07. The predicted molar refractivity (Wildman–Crippen MR) is 52.8 cm³/mol. The lowest BCUT2D eigenvalue weighted by Crippen LogP contribution is -2.23. The first-order chi connectivity index (χ1) is 6.11. The third kappa shape index (κ3) is 2.57. The molecule has 0 saturated carbocycles. The molecule has 0 aliphatic heterocycles. The highest BCUT2D eigenvalue weighted by atomic mass is 16.1. The molecule has 0 atom stereocenters. The second-order valence-electron chi connectivity index (χ2n) is 3.47. The van der Waals surface area contributed by atoms with Gasteiger partial charge in [-0.2, -0.15) is 0 Å². The van der Waals surface area contributed by atoms with E-state index in [-0.39, 0.29) is 5.56 Å². The molecule has 0 fully saturated rings. The molecule has 72 valence electrons. The first-order valence-corrected chi connectivity index (χ1v) is 4.36. The Labute approximate surface area is 77.6 Å². The Morgan fingerprint density at radius 1 is 1.62 bits per heavy atom. The Bertz CT molecular complexity index is 330. The summed E-state index contributed by atoms with van der Waals surface area (Å²) in [5.41, 5.74) is -0.0804. The SMILES string of the molecule is CC(C)CNc1nccn(C)c1=O. The Kier molecular flexibility index (Phi) is 3.06. The molecular weight excluding hydrogens is 166 g/mol. The molecule has 0 spiro atoms. The summed E-state index contributed by atoms with van der Waals surface area (Å²) in [5, 5.41) is 3.01. The van der Waals surface area contributed by atoms with Crippen LogP contribution >= 0.6 is 0 Å². The van der Waals surface area contributed by atoms with Crippen molar-refractivity contribution >= 4 is 5.82 Å². The molecule has 0 aliphatic carbocycles. The van der Waals surface area contributed by atoms with E-state index < -0.39 is 0 Å². The van der Waals surface area contributed by atoms with E-state index >= 15 is 0 Å². The van der Waals surface area contributed by atoms with Gasteiger partial charge in [0.1, 0.15) is 0 Å². The van der Waals surface area contributed by atoms with Gasteiger partial charge >= 0.3 is 0 Å². The molecule has 13 heavy (non-hydrogen) atoms. The van der Waals surface area contributed by atoms with E-state index in [1.807, 2.05) is 0 Å². The van der Waals surface area contributed by atoms with Crippen molar-refractivity contribution < 1.29 is 0 Å². The topological polar surface area (TPSA) is 46.9 Å². The molecule has 1 aromatic heterocycles. The Balaban J connectivity index is 2.78. The third-order valence-electron chi connectivity index (χ3n) is 1.69. The van der Waals surface area contributed by atoms with E-state index in [4.69, 9.17) is 0 Å². The zero-order valence-electron chi connectivity index (χ0n) is 8.24. The van der Waals surface area contributed by atoms with Crippen LogP contribution in [-0.2, 0) is 7.05 Å². The summed E-state index contributed by atoms with van der Waals surface area (Å²) < 4.78 is 1.51. The molecule has 4 nitrogen and oxygen atoms in total. The van der Waals surface area contributed by atoms with Crippen LogP contribution in [-0.4, -0.2) is 16.1 Å². The number of rotatable bonds is 3. The highest BCUT2D eigenvalue weighted by molar-refractivity contribution is 5.30. The highest BCUT2D eigenvalue weighted by Crippen LogP contribution is 1.95. The van der Waals surface area contributed by atoms with Crippen molar-refractivity contribution in [1.82, 2.24) is 9.55 Å². The lowest BCUT2D eigenvalue weighted by atomic mass is 10.2. The van der Waals surface area contributed by atoms with Crippen LogP contribution in [0.2, 0.25) is 0 Å². The summed E-state index contributed by atoms with van der Waals surface area (Å²) in [6.07, 6.45) is 3.26. The number of aryl methyl sites for hydroxylation is 1. The summed E-state index contributed by atoms with van der Waals surface area (Å²) in [6.45, 7) is 4.94. The van der Waals surface area contributed by atoms with Crippen molar-refractivity contribution in [3.05, 3.63) is 22.7 Å². The van der Waals surface area contributed by atoms with Gasteiger partial charge in [0, 0.05) is 26.0 Å². The summed E-state index contributed by atoms with van der Waals surface area (Å²) >= 11 is 0. The fourth-order valence-corrected chi connectivity index (χ4v) is 0.920. The molecule has 1 aromatic rings. The number of nitrogens with zero attached hydrogens (tertiary/aromatic N) is 2. The van der Waals surface area contributed by atoms with Crippen molar-refractivity contribution in [3.8, 4) is 0 Å². The van der Waals surface area contributed by atoms with Gasteiger partial charge in [-0.1, -0.05) is 13.8 Å². The molecule has 1 heterocycles. The van der Waals surface area contributed by atoms with Crippen molar-refractivity contribution in [2.45, 2.75) is 13.8 Å². The minimum atomic E-state index is -0.0804. The standard InChI is InChI=1S/C9H15N3O/c1-7(2)6-11-8-9(13)12(3)5-4-10-8/h4-5,7H,6H2,1-3H3,(H,10,11). The van der Waals surface area contributed by atoms with E-state index in [9.17, 15) is 4.79 Å². The van der Waals surface area contributed by atoms with Gasteiger partial charge in [-0.3, -0.25) is 4.79 Å². The highest BCUT2D eigenvalue weighted by Gasteiger charge is 2.01. The van der Waals surface area contributed by atoms with Crippen molar-refractivity contribution in [3.63, 3.8) is 0 Å². The average Bonchev–Trinajstić information content (AvgIpc) is 2.07. The van der Waals surface area contributed by atoms with Gasteiger partial charge < -0.3 is 9.88 Å². The molecule has 0 radical (unpaired) electrons. The van der Waals surface area contributed by atoms with Gasteiger partial charge in [0.15, 0.2) is 5.82 Å². The normalized spacial score (nSPS) is 10.5. The van der Waals surface area contributed by atoms with Gasteiger partial charge in [-0.05, 0) is 5.92 Å². The molecular formula is C9H15N3O. The molecule has 0 aliphatic rings. The van der Waals surface area contributed by atoms with Crippen LogP contribution in [0.3, 0.4) is 0 Å². The molecule has 0 amide bonds. The molecule has 1 N–H and O–H groups in total. The molecule has 1 rings (SSSR count). The third-order valence-corrected chi connectivity index (χ3v) is 1.69. The Morgan fingerprint density at radius 2 is 2.31 bits per heavy atom. The number of nitrogens with one attached hydrogen (secondary N) is 1. The van der Waals surface area contributed by atoms with Crippen LogP contribution in [0.1, 0.15) is 13.8 Å². The van der Waals surface area contributed by atoms with E-state index in [0.717, 1.165) is 6.54 Å². The predicted octanol–water partition coefficient (Wildman–Crippen LogP) is 0.848. The van der Waals surface area contributed by atoms with Crippen molar-refractivity contribution in [2.75, 3.05) is 11.9 Å². The lowest BCUT2D eigenvalue weighted by molar-refractivity contribution is 0.684. The smallest absolute Gasteiger partial charge is 0.293 e. The quantitative estimate of drug-likeness (QED) is 0.752. The number of hydrogen-bond acceptors (Lipinski definition) is 3. The maximum Gasteiger partial charge on any atom is 0.293 e. The Hall–Kier alpha value is -1.32. The number of anilines is 1. The maximum absolute atomic E-state index is 11.4. The van der Waals surface area contributed by atoms with Gasteiger partial charge in [0.25, 0.3) is 5.56 Å². The second kappa shape index (κ2) is 4.07. The molecule has 0 bridgehead atoms. The largest absolute Gasteiger partial charge is 0.365 e. The van der Waals surface area contributed by atoms with Gasteiger partial charge in [-0.15, -0.1) is 0 Å². The number of aromatic nitrogens is 2. The minimum Gasteiger partial charge on any atom is -0.365 e. The van der Waals surface area contributed by atoms with E-state index in [0.29, 0.717) is 11.7 Å². The van der Waals surface area contributed by atoms with Crippen LogP contribution in [0, 0.1) is 5.92 Å².